The van der Waals surface area contributed by atoms with Crippen LogP contribution in [0.3, 0.4) is 0 Å². The average molecular weight is 469 g/mol. The molecule has 0 bridgehead atoms. The summed E-state index contributed by atoms with van der Waals surface area (Å²) in [6.07, 6.45) is 0. The van der Waals surface area contributed by atoms with Crippen LogP contribution in [-0.4, -0.2) is 24.2 Å². The molecule has 1 aliphatic heterocycles. The van der Waals surface area contributed by atoms with Gasteiger partial charge in [-0.3, -0.25) is 14.5 Å². The van der Waals surface area contributed by atoms with Crippen LogP contribution in [0.1, 0.15) is 28.2 Å². The lowest BCUT2D eigenvalue weighted by molar-refractivity contribution is -0.115. The van der Waals surface area contributed by atoms with E-state index in [9.17, 15) is 9.59 Å². The number of carbonyl (C=O) groups is 2. The minimum atomic E-state index is -0.165. The summed E-state index contributed by atoms with van der Waals surface area (Å²) in [7, 11) is 0. The first kappa shape index (κ1) is 22.0. The van der Waals surface area contributed by atoms with Crippen molar-refractivity contribution in [1.82, 2.24) is 0 Å². The Bertz CT molecular complexity index is 1350. The average Bonchev–Trinajstić information content (AvgIpc) is 3.26. The van der Waals surface area contributed by atoms with Gasteiger partial charge in [-0.25, -0.2) is 0 Å². The van der Waals surface area contributed by atoms with Crippen molar-refractivity contribution in [3.63, 3.8) is 0 Å². The number of nitrogens with zero attached hydrogens (tertiary/aromatic N) is 1. The summed E-state index contributed by atoms with van der Waals surface area (Å²) in [6, 6.07) is 28.9. The van der Waals surface area contributed by atoms with Crippen LogP contribution in [0.15, 0.2) is 91.0 Å². The van der Waals surface area contributed by atoms with E-state index in [2.05, 4.69) is 5.32 Å². The van der Waals surface area contributed by atoms with Crippen molar-refractivity contribution in [2.45, 2.75) is 12.3 Å². The Kier molecular flexibility index (Phi) is 6.23. The molecule has 2 amide bonds. The Morgan fingerprint density at radius 1 is 0.971 bits per heavy atom. The molecule has 170 valence electrons. The molecule has 0 saturated carbocycles. The number of carbonyl (C=O) groups excluding carboxylic acids is 2. The third kappa shape index (κ3) is 4.50. The van der Waals surface area contributed by atoms with E-state index in [-0.39, 0.29) is 17.2 Å². The van der Waals surface area contributed by atoms with E-state index in [1.54, 1.807) is 11.8 Å². The summed E-state index contributed by atoms with van der Waals surface area (Å²) >= 11 is 1.58. The van der Waals surface area contributed by atoms with Crippen molar-refractivity contribution in [3.8, 4) is 5.75 Å². The number of hydrogen-bond donors (Lipinski definition) is 1. The minimum absolute atomic E-state index is 0.0600. The van der Waals surface area contributed by atoms with E-state index in [0.717, 1.165) is 27.8 Å². The van der Waals surface area contributed by atoms with Gasteiger partial charge in [0, 0.05) is 16.9 Å². The molecule has 0 aromatic heterocycles. The summed E-state index contributed by atoms with van der Waals surface area (Å²) < 4.78 is 5.53. The Morgan fingerprint density at radius 3 is 2.56 bits per heavy atom. The van der Waals surface area contributed by atoms with E-state index in [4.69, 9.17) is 4.74 Å². The molecule has 1 N–H and O–H groups in total. The van der Waals surface area contributed by atoms with Crippen LogP contribution in [0.25, 0.3) is 10.8 Å². The summed E-state index contributed by atoms with van der Waals surface area (Å²) in [5, 5.41) is 4.96. The van der Waals surface area contributed by atoms with Gasteiger partial charge >= 0.3 is 0 Å². The van der Waals surface area contributed by atoms with Gasteiger partial charge < -0.3 is 10.1 Å². The van der Waals surface area contributed by atoms with Gasteiger partial charge in [0.05, 0.1) is 12.4 Å². The third-order valence-electron chi connectivity index (χ3n) is 5.74. The molecular formula is C28H24N2O3S. The fraction of sp³-hybridized carbons (Fsp3) is 0.143. The fourth-order valence-corrected chi connectivity index (χ4v) is 5.29. The van der Waals surface area contributed by atoms with E-state index >= 15 is 0 Å². The Balaban J connectivity index is 1.37. The van der Waals surface area contributed by atoms with Crippen LogP contribution in [0.4, 0.5) is 11.4 Å². The lowest BCUT2D eigenvalue weighted by atomic mass is 10.1. The molecule has 4 aromatic carbocycles. The van der Waals surface area contributed by atoms with Gasteiger partial charge in [0.2, 0.25) is 5.91 Å². The molecule has 5 rings (SSSR count). The van der Waals surface area contributed by atoms with Crippen molar-refractivity contribution in [1.29, 1.82) is 0 Å². The number of rotatable bonds is 6. The molecule has 0 spiro atoms. The Hall–Kier alpha value is -3.77. The molecule has 6 heteroatoms. The number of benzene rings is 4. The first-order chi connectivity index (χ1) is 16.6. The first-order valence-electron chi connectivity index (χ1n) is 11.2. The van der Waals surface area contributed by atoms with E-state index in [1.807, 2.05) is 103 Å². The summed E-state index contributed by atoms with van der Waals surface area (Å²) in [5.41, 5.74) is 3.09. The molecule has 0 radical (unpaired) electrons. The van der Waals surface area contributed by atoms with Gasteiger partial charge in [-0.15, -0.1) is 11.8 Å². The largest absolute Gasteiger partial charge is 0.494 e. The zero-order chi connectivity index (χ0) is 23.5. The Morgan fingerprint density at radius 2 is 1.76 bits per heavy atom. The van der Waals surface area contributed by atoms with Gasteiger partial charge in [0.25, 0.3) is 5.91 Å². The van der Waals surface area contributed by atoms with Crippen molar-refractivity contribution >= 4 is 45.7 Å². The smallest absolute Gasteiger partial charge is 0.255 e. The fourth-order valence-electron chi connectivity index (χ4n) is 4.12. The van der Waals surface area contributed by atoms with Crippen LogP contribution >= 0.6 is 11.8 Å². The van der Waals surface area contributed by atoms with E-state index < -0.39 is 0 Å². The highest BCUT2D eigenvalue weighted by molar-refractivity contribution is 8.00. The second-order valence-corrected chi connectivity index (χ2v) is 9.06. The van der Waals surface area contributed by atoms with Gasteiger partial charge in [-0.1, -0.05) is 42.5 Å². The monoisotopic (exact) mass is 468 g/mol. The summed E-state index contributed by atoms with van der Waals surface area (Å²) in [4.78, 5) is 27.5. The standard InChI is InChI=1S/C28H24N2O3S/c1-2-33-25-14-12-24(13-15-25)30-26(31)18-34-28(30)22-8-5-9-23(17-22)29-27(32)21-11-10-19-6-3-4-7-20(19)16-21/h3-17,28H,2,18H2,1H3,(H,29,32). The van der Waals surface area contributed by atoms with Gasteiger partial charge in [-0.2, -0.15) is 0 Å². The quantitative estimate of drug-likeness (QED) is 0.362. The molecule has 1 unspecified atom stereocenters. The second-order valence-electron chi connectivity index (χ2n) is 8.00. The highest BCUT2D eigenvalue weighted by atomic mass is 32.2. The number of amides is 2. The zero-order valence-electron chi connectivity index (χ0n) is 18.7. The second kappa shape index (κ2) is 9.61. The highest BCUT2D eigenvalue weighted by Gasteiger charge is 2.34. The summed E-state index contributed by atoms with van der Waals surface area (Å²) in [5.74, 6) is 1.08. The number of ether oxygens (including phenoxy) is 1. The number of anilines is 2. The molecule has 1 saturated heterocycles. The lowest BCUT2D eigenvalue weighted by Crippen LogP contribution is -2.27. The van der Waals surface area contributed by atoms with Gasteiger partial charge in [-0.05, 0) is 71.8 Å². The minimum Gasteiger partial charge on any atom is -0.494 e. The van der Waals surface area contributed by atoms with Crippen molar-refractivity contribution in [2.24, 2.45) is 0 Å². The Labute approximate surface area is 202 Å². The van der Waals surface area contributed by atoms with Crippen LogP contribution in [-0.2, 0) is 4.79 Å². The number of nitrogens with one attached hydrogen (secondary N) is 1. The zero-order valence-corrected chi connectivity index (χ0v) is 19.5. The maximum atomic E-state index is 12.9. The SMILES string of the molecule is CCOc1ccc(N2C(=O)CSC2c2cccc(NC(=O)c3ccc4ccccc4c3)c2)cc1. The summed E-state index contributed by atoms with van der Waals surface area (Å²) in [6.45, 7) is 2.54. The van der Waals surface area contributed by atoms with Crippen molar-refractivity contribution < 1.29 is 14.3 Å². The molecule has 4 aromatic rings. The molecule has 0 aliphatic carbocycles. The molecular weight excluding hydrogens is 444 g/mol. The first-order valence-corrected chi connectivity index (χ1v) is 12.2. The lowest BCUT2D eigenvalue weighted by Gasteiger charge is -2.25. The molecule has 1 heterocycles. The number of hydrogen-bond acceptors (Lipinski definition) is 4. The molecule has 1 aliphatic rings. The molecule has 34 heavy (non-hydrogen) atoms. The van der Waals surface area contributed by atoms with Gasteiger partial charge in [0.1, 0.15) is 11.1 Å². The third-order valence-corrected chi connectivity index (χ3v) is 6.95. The van der Waals surface area contributed by atoms with Gasteiger partial charge in [0.15, 0.2) is 0 Å². The molecule has 1 atom stereocenters. The number of fused-ring (bicyclic) bond motifs is 1. The predicted molar refractivity (Wildman–Crippen MR) is 139 cm³/mol. The predicted octanol–water partition coefficient (Wildman–Crippen LogP) is 6.27. The maximum absolute atomic E-state index is 12.9. The van der Waals surface area contributed by atoms with Crippen LogP contribution in [0.2, 0.25) is 0 Å². The number of thioether (sulfide) groups is 1. The van der Waals surface area contributed by atoms with Crippen molar-refractivity contribution in [3.05, 3.63) is 102 Å². The molecule has 5 nitrogen and oxygen atoms in total. The molecule has 1 fully saturated rings. The maximum Gasteiger partial charge on any atom is 0.255 e. The van der Waals surface area contributed by atoms with Crippen LogP contribution in [0.5, 0.6) is 5.75 Å². The van der Waals surface area contributed by atoms with E-state index in [1.165, 1.54) is 0 Å². The van der Waals surface area contributed by atoms with E-state index in [0.29, 0.717) is 23.6 Å². The topological polar surface area (TPSA) is 58.6 Å². The highest BCUT2D eigenvalue weighted by Crippen LogP contribution is 2.42. The van der Waals surface area contributed by atoms with Crippen LogP contribution in [0, 0.1) is 0 Å². The van der Waals surface area contributed by atoms with Crippen molar-refractivity contribution in [2.75, 3.05) is 22.6 Å². The normalized spacial score (nSPS) is 15.5. The van der Waals surface area contributed by atoms with Crippen LogP contribution < -0.4 is 15.0 Å².